The van der Waals surface area contributed by atoms with E-state index in [2.05, 4.69) is 22.5 Å². The van der Waals surface area contributed by atoms with Gasteiger partial charge < -0.3 is 30.3 Å². The summed E-state index contributed by atoms with van der Waals surface area (Å²) in [6, 6.07) is 28.6. The Morgan fingerprint density at radius 1 is 0.542 bits per heavy atom. The molecule has 0 bridgehead atoms. The zero-order valence-electron chi connectivity index (χ0n) is 25.7. The maximum absolute atomic E-state index is 12.6. The molecule has 0 saturated heterocycles. The Balaban J connectivity index is 0.995. The van der Waals surface area contributed by atoms with E-state index in [1.165, 1.54) is 0 Å². The van der Waals surface area contributed by atoms with Gasteiger partial charge in [-0.3, -0.25) is 0 Å². The SMILES string of the molecule is O=C(N[C@@H](CC#CC[C@H](NC(=O)OCC1c2ccccc2-c2ccccc21)C(=O)O)C(=O)O)OCC1c2ccccc2-c2ccccc21. The molecule has 6 rings (SSSR count). The number of hydrogen-bond acceptors (Lipinski definition) is 6. The van der Waals surface area contributed by atoms with E-state index in [0.717, 1.165) is 44.5 Å². The van der Waals surface area contributed by atoms with Gasteiger partial charge in [0.25, 0.3) is 0 Å². The van der Waals surface area contributed by atoms with Crippen LogP contribution in [0, 0.1) is 11.8 Å². The van der Waals surface area contributed by atoms with Gasteiger partial charge in [-0.1, -0.05) is 97.1 Å². The van der Waals surface area contributed by atoms with Crippen LogP contribution in [0.5, 0.6) is 0 Å². The average molecular weight is 645 g/mol. The number of carbonyl (C=O) groups excluding carboxylic acids is 2. The molecule has 10 nitrogen and oxygen atoms in total. The number of carboxylic acid groups (broad SMARTS) is 2. The van der Waals surface area contributed by atoms with Crippen molar-refractivity contribution in [3.8, 4) is 34.1 Å². The van der Waals surface area contributed by atoms with Crippen LogP contribution >= 0.6 is 0 Å². The van der Waals surface area contributed by atoms with Gasteiger partial charge in [0, 0.05) is 24.7 Å². The van der Waals surface area contributed by atoms with Gasteiger partial charge in [0.1, 0.15) is 25.3 Å². The number of hydrogen-bond donors (Lipinski definition) is 4. The van der Waals surface area contributed by atoms with Crippen LogP contribution in [0.15, 0.2) is 97.1 Å². The van der Waals surface area contributed by atoms with Crippen molar-refractivity contribution < 1.29 is 38.9 Å². The summed E-state index contributed by atoms with van der Waals surface area (Å²) < 4.78 is 10.9. The van der Waals surface area contributed by atoms with Gasteiger partial charge in [0.2, 0.25) is 0 Å². The van der Waals surface area contributed by atoms with E-state index in [-0.39, 0.29) is 37.9 Å². The van der Waals surface area contributed by atoms with Crippen LogP contribution in [-0.2, 0) is 19.1 Å². The van der Waals surface area contributed by atoms with Gasteiger partial charge in [0.05, 0.1) is 0 Å². The van der Waals surface area contributed by atoms with Crippen molar-refractivity contribution in [3.63, 3.8) is 0 Å². The second-order valence-electron chi connectivity index (χ2n) is 11.5. The van der Waals surface area contributed by atoms with Crippen molar-refractivity contribution in [1.82, 2.24) is 10.6 Å². The molecular weight excluding hydrogens is 612 g/mol. The van der Waals surface area contributed by atoms with Crippen LogP contribution in [0.1, 0.15) is 46.9 Å². The summed E-state index contributed by atoms with van der Waals surface area (Å²) in [7, 11) is 0. The standard InChI is InChI=1S/C38H32N2O8/c41-35(42)33(39-37(45)47-21-31-27-15-5-1-11-23(27)24-12-2-6-16-28(24)31)19-9-10-20-34(36(43)44)40-38(46)48-22-32-29-17-7-3-13-25(29)26-14-4-8-18-30(26)32/h1-8,11-18,31-34H,19-22H2,(H,39,45)(H,40,46)(H,41,42)(H,43,44)/t33-,34-/m0/s1. The summed E-state index contributed by atoms with van der Waals surface area (Å²) in [5.74, 6) is 2.15. The first-order chi connectivity index (χ1) is 23.3. The Hall–Kier alpha value is -6.08. The molecule has 2 amide bonds. The Morgan fingerprint density at radius 3 is 1.12 bits per heavy atom. The van der Waals surface area contributed by atoms with Crippen molar-refractivity contribution >= 4 is 24.1 Å². The van der Waals surface area contributed by atoms with Crippen molar-refractivity contribution in [3.05, 3.63) is 119 Å². The first-order valence-electron chi connectivity index (χ1n) is 15.5. The second kappa shape index (κ2) is 14.1. The fourth-order valence-electron chi connectivity index (χ4n) is 6.31. The zero-order valence-corrected chi connectivity index (χ0v) is 25.7. The largest absolute Gasteiger partial charge is 0.480 e. The molecule has 4 aromatic rings. The van der Waals surface area contributed by atoms with Crippen LogP contribution in [0.2, 0.25) is 0 Å². The van der Waals surface area contributed by atoms with Gasteiger partial charge in [0.15, 0.2) is 0 Å². The molecule has 0 aromatic heterocycles. The van der Waals surface area contributed by atoms with Crippen molar-refractivity contribution in [2.45, 2.75) is 36.8 Å². The lowest BCUT2D eigenvalue weighted by Gasteiger charge is -2.17. The highest BCUT2D eigenvalue weighted by molar-refractivity contribution is 5.83. The molecule has 0 fully saturated rings. The van der Waals surface area contributed by atoms with E-state index in [1.54, 1.807) is 0 Å². The number of carbonyl (C=O) groups is 4. The van der Waals surface area contributed by atoms with Crippen molar-refractivity contribution in [2.75, 3.05) is 13.2 Å². The fraction of sp³-hybridized carbons (Fsp3) is 0.211. The fourth-order valence-corrected chi connectivity index (χ4v) is 6.31. The summed E-state index contributed by atoms with van der Waals surface area (Å²) in [6.45, 7) is 0.0272. The molecule has 0 spiro atoms. The predicted octanol–water partition coefficient (Wildman–Crippen LogP) is 5.75. The Labute approximate surface area is 276 Å². The third-order valence-corrected chi connectivity index (χ3v) is 8.61. The average Bonchev–Trinajstić information content (AvgIpc) is 3.59. The summed E-state index contributed by atoms with van der Waals surface area (Å²) in [6.07, 6.45) is -2.44. The summed E-state index contributed by atoms with van der Waals surface area (Å²) in [5.41, 5.74) is 8.33. The van der Waals surface area contributed by atoms with Crippen molar-refractivity contribution in [1.29, 1.82) is 0 Å². The molecule has 10 heteroatoms. The lowest BCUT2D eigenvalue weighted by molar-refractivity contribution is -0.140. The van der Waals surface area contributed by atoms with E-state index in [1.807, 2.05) is 97.1 Å². The lowest BCUT2D eigenvalue weighted by Crippen LogP contribution is -2.41. The normalized spacial score (nSPS) is 13.8. The number of carboxylic acids is 2. The van der Waals surface area contributed by atoms with Gasteiger partial charge >= 0.3 is 24.1 Å². The predicted molar refractivity (Wildman–Crippen MR) is 176 cm³/mol. The van der Waals surface area contributed by atoms with Gasteiger partial charge in [-0.15, -0.1) is 11.8 Å². The highest BCUT2D eigenvalue weighted by Gasteiger charge is 2.31. The molecule has 4 aromatic carbocycles. The molecule has 0 aliphatic heterocycles. The number of fused-ring (bicyclic) bond motifs is 6. The molecule has 0 heterocycles. The molecule has 2 aliphatic rings. The van der Waals surface area contributed by atoms with Crippen LogP contribution in [-0.4, -0.2) is 59.6 Å². The minimum absolute atomic E-state index is 0.0136. The highest BCUT2D eigenvalue weighted by Crippen LogP contribution is 2.45. The molecule has 4 N–H and O–H groups in total. The smallest absolute Gasteiger partial charge is 0.407 e. The summed E-state index contributed by atoms with van der Waals surface area (Å²) >= 11 is 0. The number of amides is 2. The summed E-state index contributed by atoms with van der Waals surface area (Å²) in [4.78, 5) is 48.9. The van der Waals surface area contributed by atoms with E-state index in [0.29, 0.717) is 0 Å². The van der Waals surface area contributed by atoms with Crippen LogP contribution in [0.3, 0.4) is 0 Å². The van der Waals surface area contributed by atoms with E-state index in [4.69, 9.17) is 9.47 Å². The highest BCUT2D eigenvalue weighted by atomic mass is 16.6. The number of rotatable bonds is 10. The van der Waals surface area contributed by atoms with Crippen LogP contribution in [0.25, 0.3) is 22.3 Å². The molecule has 2 atom stereocenters. The van der Waals surface area contributed by atoms with Crippen molar-refractivity contribution in [2.24, 2.45) is 0 Å². The quantitative estimate of drug-likeness (QED) is 0.159. The molecule has 242 valence electrons. The molecule has 0 unspecified atom stereocenters. The number of alkyl carbamates (subject to hydrolysis) is 2. The first kappa shape index (κ1) is 31.9. The number of ether oxygens (including phenoxy) is 2. The molecular formula is C38H32N2O8. The maximum atomic E-state index is 12.6. The van der Waals surface area contributed by atoms with Crippen LogP contribution < -0.4 is 10.6 Å². The van der Waals surface area contributed by atoms with Gasteiger partial charge in [-0.2, -0.15) is 0 Å². The maximum Gasteiger partial charge on any atom is 0.407 e. The third kappa shape index (κ3) is 6.71. The minimum Gasteiger partial charge on any atom is -0.480 e. The molecule has 0 saturated carbocycles. The second-order valence-corrected chi connectivity index (χ2v) is 11.5. The Kier molecular flexibility index (Phi) is 9.39. The van der Waals surface area contributed by atoms with E-state index < -0.39 is 36.2 Å². The number of nitrogens with one attached hydrogen (secondary N) is 2. The van der Waals surface area contributed by atoms with Gasteiger partial charge in [-0.25, -0.2) is 19.2 Å². The zero-order chi connectivity index (χ0) is 33.6. The third-order valence-electron chi connectivity index (χ3n) is 8.61. The number of aliphatic carboxylic acids is 2. The molecule has 48 heavy (non-hydrogen) atoms. The Bertz CT molecular complexity index is 1720. The summed E-state index contributed by atoms with van der Waals surface area (Å²) in [5, 5.41) is 23.9. The van der Waals surface area contributed by atoms with E-state index in [9.17, 15) is 29.4 Å². The van der Waals surface area contributed by atoms with Gasteiger partial charge in [-0.05, 0) is 44.5 Å². The number of benzene rings is 4. The Morgan fingerprint density at radius 2 is 0.833 bits per heavy atom. The first-order valence-corrected chi connectivity index (χ1v) is 15.5. The molecule has 0 radical (unpaired) electrons. The minimum atomic E-state index is -1.40. The molecule has 2 aliphatic carbocycles. The topological polar surface area (TPSA) is 151 Å². The van der Waals surface area contributed by atoms with E-state index >= 15 is 0 Å². The monoisotopic (exact) mass is 644 g/mol. The van der Waals surface area contributed by atoms with Crippen LogP contribution in [0.4, 0.5) is 9.59 Å². The lowest BCUT2D eigenvalue weighted by atomic mass is 9.98.